The largest absolute Gasteiger partial charge is 0.316 e. The second-order valence-electron chi connectivity index (χ2n) is 7.67. The molecule has 2 aliphatic carbocycles. The van der Waals surface area contributed by atoms with Crippen molar-refractivity contribution in [2.24, 2.45) is 23.7 Å². The maximum Gasteiger partial charge on any atom is 0.0140 e. The van der Waals surface area contributed by atoms with Crippen molar-refractivity contribution in [1.82, 2.24) is 10.2 Å². The topological polar surface area (TPSA) is 15.3 Å². The van der Waals surface area contributed by atoms with Crippen LogP contribution in [0.15, 0.2) is 0 Å². The number of nitrogens with zero attached hydrogens (tertiary/aromatic N) is 1. The first-order chi connectivity index (χ1) is 9.36. The van der Waals surface area contributed by atoms with Crippen LogP contribution < -0.4 is 5.32 Å². The molecule has 0 spiro atoms. The summed E-state index contributed by atoms with van der Waals surface area (Å²) >= 11 is 0. The highest BCUT2D eigenvalue weighted by Crippen LogP contribution is 2.46. The van der Waals surface area contributed by atoms with Gasteiger partial charge in [0.25, 0.3) is 0 Å². The smallest absolute Gasteiger partial charge is 0.0140 e. The summed E-state index contributed by atoms with van der Waals surface area (Å²) in [5.74, 6) is 4.15. The number of hydrogen-bond donors (Lipinski definition) is 1. The highest BCUT2D eigenvalue weighted by Gasteiger charge is 2.46. The van der Waals surface area contributed by atoms with Gasteiger partial charge in [-0.05, 0) is 68.9 Å². The molecule has 4 rings (SSSR count). The molecule has 5 atom stereocenters. The summed E-state index contributed by atoms with van der Waals surface area (Å²) in [6.45, 7) is 6.40. The zero-order valence-electron chi connectivity index (χ0n) is 12.5. The first-order valence-electron chi connectivity index (χ1n) is 8.83. The minimum absolute atomic E-state index is 0.892. The van der Waals surface area contributed by atoms with Crippen molar-refractivity contribution in [3.05, 3.63) is 0 Å². The molecule has 2 saturated carbocycles. The van der Waals surface area contributed by atoms with E-state index in [2.05, 4.69) is 17.1 Å². The summed E-state index contributed by atoms with van der Waals surface area (Å²) in [5.41, 5.74) is 0. The Morgan fingerprint density at radius 1 is 1.00 bits per heavy atom. The summed E-state index contributed by atoms with van der Waals surface area (Å²) < 4.78 is 0. The van der Waals surface area contributed by atoms with E-state index in [1.54, 1.807) is 19.3 Å². The van der Waals surface area contributed by atoms with E-state index < -0.39 is 0 Å². The van der Waals surface area contributed by atoms with E-state index in [1.165, 1.54) is 45.3 Å². The molecule has 0 aromatic rings. The summed E-state index contributed by atoms with van der Waals surface area (Å²) in [6.07, 6.45) is 10.5. The van der Waals surface area contributed by atoms with Gasteiger partial charge in [0.15, 0.2) is 0 Å². The Hall–Kier alpha value is -0.0800. The number of hydrogen-bond acceptors (Lipinski definition) is 2. The van der Waals surface area contributed by atoms with Crippen LogP contribution in [0.2, 0.25) is 0 Å². The van der Waals surface area contributed by atoms with Crippen molar-refractivity contribution in [2.45, 2.75) is 64.0 Å². The number of fused-ring (bicyclic) bond motifs is 1. The maximum atomic E-state index is 3.62. The third kappa shape index (κ3) is 2.25. The molecule has 0 aromatic carbocycles. The molecule has 2 heteroatoms. The maximum absolute atomic E-state index is 3.62. The van der Waals surface area contributed by atoms with Crippen LogP contribution in [0.1, 0.15) is 51.9 Å². The predicted octanol–water partition coefficient (Wildman–Crippen LogP) is 2.89. The summed E-state index contributed by atoms with van der Waals surface area (Å²) in [7, 11) is 0. The quantitative estimate of drug-likeness (QED) is 0.841. The first kappa shape index (κ1) is 12.6. The van der Waals surface area contributed by atoms with Crippen LogP contribution in [-0.4, -0.2) is 36.6 Å². The highest BCUT2D eigenvalue weighted by atomic mass is 15.2. The van der Waals surface area contributed by atoms with Gasteiger partial charge in [0.05, 0.1) is 0 Å². The average Bonchev–Trinajstić information content (AvgIpc) is 3.09. The molecule has 2 nitrogen and oxygen atoms in total. The van der Waals surface area contributed by atoms with Crippen LogP contribution in [-0.2, 0) is 0 Å². The molecule has 0 aromatic heterocycles. The fraction of sp³-hybridized carbons (Fsp3) is 1.00. The minimum Gasteiger partial charge on any atom is -0.316 e. The van der Waals surface area contributed by atoms with E-state index in [-0.39, 0.29) is 0 Å². The Morgan fingerprint density at radius 3 is 2.68 bits per heavy atom. The Balaban J connectivity index is 1.45. The Labute approximate surface area is 118 Å². The lowest BCUT2D eigenvalue weighted by Gasteiger charge is -2.39. The molecule has 0 bridgehead atoms. The molecule has 0 amide bonds. The lowest BCUT2D eigenvalue weighted by Crippen LogP contribution is -2.44. The van der Waals surface area contributed by atoms with Gasteiger partial charge in [0.2, 0.25) is 0 Å². The minimum atomic E-state index is 0.892. The van der Waals surface area contributed by atoms with E-state index in [4.69, 9.17) is 0 Å². The fourth-order valence-corrected chi connectivity index (χ4v) is 5.51. The van der Waals surface area contributed by atoms with Gasteiger partial charge in [-0.1, -0.05) is 19.8 Å². The molecule has 0 radical (unpaired) electrons. The van der Waals surface area contributed by atoms with Gasteiger partial charge in [-0.15, -0.1) is 0 Å². The molecule has 4 fully saturated rings. The van der Waals surface area contributed by atoms with Gasteiger partial charge in [-0.2, -0.15) is 0 Å². The van der Waals surface area contributed by atoms with Crippen molar-refractivity contribution in [1.29, 1.82) is 0 Å². The van der Waals surface area contributed by atoms with E-state index in [9.17, 15) is 0 Å². The van der Waals surface area contributed by atoms with Crippen molar-refractivity contribution in [3.63, 3.8) is 0 Å². The second-order valence-corrected chi connectivity index (χ2v) is 7.67. The van der Waals surface area contributed by atoms with Gasteiger partial charge in [-0.3, -0.25) is 4.90 Å². The summed E-state index contributed by atoms with van der Waals surface area (Å²) in [4.78, 5) is 2.96. The van der Waals surface area contributed by atoms with Crippen LogP contribution in [0, 0.1) is 23.7 Å². The van der Waals surface area contributed by atoms with Crippen LogP contribution >= 0.6 is 0 Å². The molecule has 2 heterocycles. The monoisotopic (exact) mass is 262 g/mol. The molecule has 19 heavy (non-hydrogen) atoms. The van der Waals surface area contributed by atoms with Crippen molar-refractivity contribution in [2.75, 3.05) is 19.6 Å². The SMILES string of the molecule is CCC1C2CNCC2CN1C1CCCC(C2CC2)C1. The summed E-state index contributed by atoms with van der Waals surface area (Å²) in [6, 6.07) is 1.83. The van der Waals surface area contributed by atoms with Crippen molar-refractivity contribution in [3.8, 4) is 0 Å². The Morgan fingerprint density at radius 2 is 1.89 bits per heavy atom. The lowest BCUT2D eigenvalue weighted by atomic mass is 9.81. The average molecular weight is 262 g/mol. The van der Waals surface area contributed by atoms with Crippen LogP contribution in [0.25, 0.3) is 0 Å². The second kappa shape index (κ2) is 5.04. The van der Waals surface area contributed by atoms with E-state index >= 15 is 0 Å². The number of likely N-dealkylation sites (tertiary alicyclic amines) is 1. The van der Waals surface area contributed by atoms with Crippen molar-refractivity contribution < 1.29 is 0 Å². The zero-order valence-corrected chi connectivity index (χ0v) is 12.5. The Kier molecular flexibility index (Phi) is 3.35. The number of rotatable bonds is 3. The molecular formula is C17H30N2. The van der Waals surface area contributed by atoms with Gasteiger partial charge in [0.1, 0.15) is 0 Å². The third-order valence-corrected chi connectivity index (χ3v) is 6.62. The molecule has 108 valence electrons. The van der Waals surface area contributed by atoms with Gasteiger partial charge >= 0.3 is 0 Å². The van der Waals surface area contributed by atoms with Crippen LogP contribution in [0.5, 0.6) is 0 Å². The lowest BCUT2D eigenvalue weighted by molar-refractivity contribution is 0.0967. The standard InChI is InChI=1S/C17H30N2/c1-2-17-16-10-18-9-14(16)11-19(17)15-5-3-4-13(8-15)12-6-7-12/h12-18H,2-11H2,1H3. The predicted molar refractivity (Wildman–Crippen MR) is 79.1 cm³/mol. The van der Waals surface area contributed by atoms with Crippen LogP contribution in [0.4, 0.5) is 0 Å². The highest BCUT2D eigenvalue weighted by molar-refractivity contribution is 5.01. The third-order valence-electron chi connectivity index (χ3n) is 6.62. The first-order valence-corrected chi connectivity index (χ1v) is 8.83. The zero-order chi connectivity index (χ0) is 12.8. The Bertz CT molecular complexity index is 325. The normalized spacial score (nSPS) is 47.5. The van der Waals surface area contributed by atoms with Crippen molar-refractivity contribution >= 4 is 0 Å². The van der Waals surface area contributed by atoms with E-state index in [0.717, 1.165) is 35.8 Å². The fourth-order valence-electron chi connectivity index (χ4n) is 5.51. The number of nitrogens with one attached hydrogen (secondary N) is 1. The summed E-state index contributed by atoms with van der Waals surface area (Å²) in [5, 5.41) is 3.62. The molecule has 5 unspecified atom stereocenters. The van der Waals surface area contributed by atoms with Crippen LogP contribution in [0.3, 0.4) is 0 Å². The molecular weight excluding hydrogens is 232 g/mol. The molecule has 1 N–H and O–H groups in total. The molecule has 2 aliphatic heterocycles. The van der Waals surface area contributed by atoms with Gasteiger partial charge in [-0.25, -0.2) is 0 Å². The van der Waals surface area contributed by atoms with E-state index in [0.29, 0.717) is 0 Å². The molecule has 4 aliphatic rings. The molecule has 2 saturated heterocycles. The van der Waals surface area contributed by atoms with E-state index in [1.807, 2.05) is 0 Å². The van der Waals surface area contributed by atoms with Gasteiger partial charge in [0, 0.05) is 18.6 Å². The van der Waals surface area contributed by atoms with Gasteiger partial charge < -0.3 is 5.32 Å².